The maximum Gasteiger partial charge on any atom is 0.0344 e. The van der Waals surface area contributed by atoms with Crippen LogP contribution in [0, 0.1) is 0 Å². The van der Waals surface area contributed by atoms with Gasteiger partial charge in [0.2, 0.25) is 0 Å². The molecule has 1 aliphatic carbocycles. The van der Waals surface area contributed by atoms with Crippen molar-refractivity contribution in [2.75, 3.05) is 0 Å². The van der Waals surface area contributed by atoms with Crippen LogP contribution in [0.2, 0.25) is 0 Å². The Morgan fingerprint density at radius 2 is 2.19 bits per heavy atom. The Balaban J connectivity index is 1.93. The molecule has 1 saturated carbocycles. The number of hydrogen-bond donors (Lipinski definition) is 1. The van der Waals surface area contributed by atoms with E-state index in [9.17, 15) is 0 Å². The van der Waals surface area contributed by atoms with Crippen LogP contribution in [-0.2, 0) is 0 Å². The molecule has 1 fully saturated rings. The summed E-state index contributed by atoms with van der Waals surface area (Å²) in [6, 6.07) is 7.93. The largest absolute Gasteiger partial charge is 0.307 e. The predicted molar refractivity (Wildman–Crippen MR) is 73.0 cm³/mol. The number of halogens is 1. The standard InChI is InChI=1S/C13H16BrNS/c1-8-7-12(15-9-5-6-9)10-3-2-4-11(14)13(10)16-8/h2-4,8-9,12,15H,5-7H2,1H3. The molecule has 1 aromatic carbocycles. The van der Waals surface area contributed by atoms with Crippen LogP contribution >= 0.6 is 27.7 Å². The molecule has 0 saturated heterocycles. The molecule has 0 spiro atoms. The van der Waals surface area contributed by atoms with Crippen LogP contribution in [0.25, 0.3) is 0 Å². The lowest BCUT2D eigenvalue weighted by Crippen LogP contribution is -2.28. The van der Waals surface area contributed by atoms with Crippen molar-refractivity contribution in [2.45, 2.75) is 48.4 Å². The quantitative estimate of drug-likeness (QED) is 0.881. The number of rotatable bonds is 2. The van der Waals surface area contributed by atoms with E-state index >= 15 is 0 Å². The highest BCUT2D eigenvalue weighted by atomic mass is 79.9. The minimum Gasteiger partial charge on any atom is -0.307 e. The second-order valence-corrected chi connectivity index (χ2v) is 7.12. The topological polar surface area (TPSA) is 12.0 Å². The van der Waals surface area contributed by atoms with Gasteiger partial charge >= 0.3 is 0 Å². The Kier molecular flexibility index (Phi) is 3.03. The van der Waals surface area contributed by atoms with E-state index in [0.29, 0.717) is 11.3 Å². The van der Waals surface area contributed by atoms with Crippen LogP contribution in [0.15, 0.2) is 27.6 Å². The van der Waals surface area contributed by atoms with E-state index in [1.54, 1.807) is 0 Å². The highest BCUT2D eigenvalue weighted by Crippen LogP contribution is 2.45. The molecule has 2 unspecified atom stereocenters. The van der Waals surface area contributed by atoms with E-state index in [-0.39, 0.29) is 0 Å². The van der Waals surface area contributed by atoms with Crippen LogP contribution in [-0.4, -0.2) is 11.3 Å². The molecule has 1 aromatic rings. The molecule has 0 amide bonds. The minimum absolute atomic E-state index is 0.566. The third-order valence-corrected chi connectivity index (χ3v) is 5.48. The molecule has 0 aromatic heterocycles. The van der Waals surface area contributed by atoms with Crippen molar-refractivity contribution in [2.24, 2.45) is 0 Å². The van der Waals surface area contributed by atoms with Gasteiger partial charge in [0.05, 0.1) is 0 Å². The third kappa shape index (κ3) is 2.18. The van der Waals surface area contributed by atoms with Gasteiger partial charge < -0.3 is 5.32 Å². The van der Waals surface area contributed by atoms with Crippen molar-refractivity contribution in [3.8, 4) is 0 Å². The maximum absolute atomic E-state index is 3.77. The van der Waals surface area contributed by atoms with Crippen LogP contribution in [0.1, 0.15) is 37.8 Å². The number of hydrogen-bond acceptors (Lipinski definition) is 2. The van der Waals surface area contributed by atoms with Crippen molar-refractivity contribution in [1.29, 1.82) is 0 Å². The zero-order valence-electron chi connectivity index (χ0n) is 9.37. The molecule has 1 nitrogen and oxygen atoms in total. The molecule has 1 heterocycles. The lowest BCUT2D eigenvalue weighted by Gasteiger charge is -2.30. The van der Waals surface area contributed by atoms with Gasteiger partial charge in [-0.25, -0.2) is 0 Å². The summed E-state index contributed by atoms with van der Waals surface area (Å²) in [5, 5.41) is 4.48. The second kappa shape index (κ2) is 4.35. The molecule has 1 N–H and O–H groups in total. The van der Waals surface area contributed by atoms with Crippen molar-refractivity contribution in [1.82, 2.24) is 5.32 Å². The normalized spacial score (nSPS) is 28.9. The fraction of sp³-hybridized carbons (Fsp3) is 0.538. The summed E-state index contributed by atoms with van der Waals surface area (Å²) in [5.41, 5.74) is 1.49. The average molecular weight is 298 g/mol. The first kappa shape index (κ1) is 11.1. The Hall–Kier alpha value is 0.01000. The van der Waals surface area contributed by atoms with E-state index in [1.165, 1.54) is 34.2 Å². The number of nitrogens with one attached hydrogen (secondary N) is 1. The highest BCUT2D eigenvalue weighted by molar-refractivity contribution is 9.10. The summed E-state index contributed by atoms with van der Waals surface area (Å²) in [7, 11) is 0. The molecule has 1 aliphatic heterocycles. The molecule has 3 heteroatoms. The van der Waals surface area contributed by atoms with Crippen LogP contribution in [0.3, 0.4) is 0 Å². The maximum atomic E-state index is 3.77. The molecule has 3 rings (SSSR count). The lowest BCUT2D eigenvalue weighted by atomic mass is 10.0. The third-order valence-electron chi connectivity index (χ3n) is 3.27. The zero-order chi connectivity index (χ0) is 11.1. The van der Waals surface area contributed by atoms with Crippen LogP contribution in [0.5, 0.6) is 0 Å². The Bertz CT molecular complexity index is 403. The molecule has 0 bridgehead atoms. The Morgan fingerprint density at radius 3 is 2.94 bits per heavy atom. The highest BCUT2D eigenvalue weighted by Gasteiger charge is 2.31. The molecule has 0 radical (unpaired) electrons. The Morgan fingerprint density at radius 1 is 1.38 bits per heavy atom. The monoisotopic (exact) mass is 297 g/mol. The fourth-order valence-corrected chi connectivity index (χ4v) is 4.20. The van der Waals surface area contributed by atoms with Crippen molar-refractivity contribution in [3.05, 3.63) is 28.2 Å². The molecule has 16 heavy (non-hydrogen) atoms. The summed E-state index contributed by atoms with van der Waals surface area (Å²) < 4.78 is 1.25. The summed E-state index contributed by atoms with van der Waals surface area (Å²) in [4.78, 5) is 1.44. The van der Waals surface area contributed by atoms with E-state index in [4.69, 9.17) is 0 Å². The van der Waals surface area contributed by atoms with Gasteiger partial charge in [0, 0.05) is 26.7 Å². The number of benzene rings is 1. The van der Waals surface area contributed by atoms with Crippen molar-refractivity contribution < 1.29 is 0 Å². The summed E-state index contributed by atoms with van der Waals surface area (Å²) in [6.45, 7) is 2.33. The average Bonchev–Trinajstić information content (AvgIpc) is 3.03. The first-order valence-corrected chi connectivity index (χ1v) is 7.62. The molecular formula is C13H16BrNS. The van der Waals surface area contributed by atoms with Crippen molar-refractivity contribution in [3.63, 3.8) is 0 Å². The SMILES string of the molecule is CC1CC(NC2CC2)c2cccc(Br)c2S1. The molecule has 2 aliphatic rings. The number of thioether (sulfide) groups is 1. The van der Waals surface area contributed by atoms with Gasteiger partial charge in [0.25, 0.3) is 0 Å². The molecule has 86 valence electrons. The van der Waals surface area contributed by atoms with E-state index in [2.05, 4.69) is 46.4 Å². The van der Waals surface area contributed by atoms with Gasteiger partial charge in [-0.1, -0.05) is 19.1 Å². The molecular weight excluding hydrogens is 282 g/mol. The van der Waals surface area contributed by atoms with Gasteiger partial charge in [-0.2, -0.15) is 0 Å². The second-order valence-electron chi connectivity index (χ2n) is 4.82. The number of fused-ring (bicyclic) bond motifs is 1. The summed E-state index contributed by atoms with van der Waals surface area (Å²) >= 11 is 5.67. The van der Waals surface area contributed by atoms with Gasteiger partial charge in [0.15, 0.2) is 0 Å². The summed E-state index contributed by atoms with van der Waals surface area (Å²) in [6.07, 6.45) is 3.98. The summed E-state index contributed by atoms with van der Waals surface area (Å²) in [5.74, 6) is 0. The first-order valence-electron chi connectivity index (χ1n) is 5.95. The van der Waals surface area contributed by atoms with E-state index < -0.39 is 0 Å². The molecule has 2 atom stereocenters. The Labute approximate surface area is 110 Å². The fourth-order valence-electron chi connectivity index (χ4n) is 2.32. The van der Waals surface area contributed by atoms with Gasteiger partial charge in [0.1, 0.15) is 0 Å². The predicted octanol–water partition coefficient (Wildman–Crippen LogP) is 4.13. The van der Waals surface area contributed by atoms with Gasteiger partial charge in [-0.15, -0.1) is 11.8 Å². The first-order chi connectivity index (χ1) is 7.74. The van der Waals surface area contributed by atoms with E-state index in [1.807, 2.05) is 11.8 Å². The minimum atomic E-state index is 0.566. The van der Waals surface area contributed by atoms with Crippen molar-refractivity contribution >= 4 is 27.7 Å². The van der Waals surface area contributed by atoms with Crippen LogP contribution < -0.4 is 5.32 Å². The van der Waals surface area contributed by atoms with Crippen LogP contribution in [0.4, 0.5) is 0 Å². The zero-order valence-corrected chi connectivity index (χ0v) is 11.8. The van der Waals surface area contributed by atoms with Gasteiger partial charge in [-0.3, -0.25) is 0 Å². The van der Waals surface area contributed by atoms with E-state index in [0.717, 1.165) is 6.04 Å². The van der Waals surface area contributed by atoms with Gasteiger partial charge in [-0.05, 0) is 46.8 Å². The lowest BCUT2D eigenvalue weighted by molar-refractivity contribution is 0.482. The smallest absolute Gasteiger partial charge is 0.0344 e.